The van der Waals surface area contributed by atoms with Crippen molar-refractivity contribution in [2.75, 3.05) is 11.4 Å². The molecule has 0 amide bonds. The molecule has 0 spiro atoms. The summed E-state index contributed by atoms with van der Waals surface area (Å²) in [5.41, 5.74) is -0.931. The zero-order valence-corrected chi connectivity index (χ0v) is 11.8. The average Bonchev–Trinajstić information content (AvgIpc) is 2.83. The van der Waals surface area contributed by atoms with Gasteiger partial charge in [0.15, 0.2) is 11.5 Å². The Morgan fingerprint density at radius 1 is 1.30 bits per heavy atom. The van der Waals surface area contributed by atoms with Crippen molar-refractivity contribution < 1.29 is 13.2 Å². The van der Waals surface area contributed by atoms with Crippen molar-refractivity contribution >= 4 is 5.82 Å². The minimum Gasteiger partial charge on any atom is -0.352 e. The molecule has 2 heterocycles. The lowest BCUT2D eigenvalue weighted by Crippen LogP contribution is -2.30. The molecule has 1 aromatic rings. The summed E-state index contributed by atoms with van der Waals surface area (Å²) in [6, 6.07) is 2.83. The second kappa shape index (κ2) is 5.97. The molecule has 1 fully saturated rings. The van der Waals surface area contributed by atoms with Gasteiger partial charge in [-0.1, -0.05) is 13.8 Å². The topological polar surface area (TPSA) is 29.0 Å². The summed E-state index contributed by atoms with van der Waals surface area (Å²) in [7, 11) is 0. The molecule has 0 saturated carbocycles. The third-order valence-corrected chi connectivity index (χ3v) is 3.69. The summed E-state index contributed by atoms with van der Waals surface area (Å²) < 4.78 is 37.4. The summed E-state index contributed by atoms with van der Waals surface area (Å²) in [5, 5.41) is 7.07. The van der Waals surface area contributed by atoms with Gasteiger partial charge in [0.2, 0.25) is 0 Å². The molecule has 6 heteroatoms. The Bertz CT molecular complexity index is 428. The normalized spacial score (nSPS) is 19.9. The number of halogens is 3. The number of nitrogens with zero attached hydrogens (tertiary/aromatic N) is 3. The van der Waals surface area contributed by atoms with Crippen molar-refractivity contribution in [1.82, 2.24) is 10.2 Å². The van der Waals surface area contributed by atoms with Crippen LogP contribution >= 0.6 is 0 Å². The molecular formula is C14H20F3N3. The first-order valence-electron chi connectivity index (χ1n) is 7.05. The van der Waals surface area contributed by atoms with E-state index in [4.69, 9.17) is 0 Å². The highest BCUT2D eigenvalue weighted by atomic mass is 19.4. The van der Waals surface area contributed by atoms with Gasteiger partial charge in [-0.05, 0) is 43.7 Å². The molecule has 1 saturated heterocycles. The molecule has 1 aliphatic rings. The van der Waals surface area contributed by atoms with Gasteiger partial charge in [-0.15, -0.1) is 10.2 Å². The van der Waals surface area contributed by atoms with Crippen LogP contribution in [0.3, 0.4) is 0 Å². The standard InChI is InChI=1S/C14H20F3N3/c1-10(2)5-6-11-4-3-9-20(11)13-8-7-12(18-19-13)14(15,16)17/h7-8,10-11H,3-6,9H2,1-2H3. The van der Waals surface area contributed by atoms with Gasteiger partial charge in [0.25, 0.3) is 0 Å². The van der Waals surface area contributed by atoms with E-state index < -0.39 is 11.9 Å². The Hall–Kier alpha value is -1.33. The number of aromatic nitrogens is 2. The van der Waals surface area contributed by atoms with Gasteiger partial charge in [-0.2, -0.15) is 13.2 Å². The van der Waals surface area contributed by atoms with E-state index in [1.807, 2.05) is 0 Å². The smallest absolute Gasteiger partial charge is 0.352 e. The third-order valence-electron chi connectivity index (χ3n) is 3.69. The molecule has 1 atom stereocenters. The summed E-state index contributed by atoms with van der Waals surface area (Å²) in [4.78, 5) is 2.09. The molecule has 0 aliphatic carbocycles. The van der Waals surface area contributed by atoms with Gasteiger partial charge in [-0.25, -0.2) is 0 Å². The summed E-state index contributed by atoms with van der Waals surface area (Å²) in [6.45, 7) is 5.21. The van der Waals surface area contributed by atoms with Crippen LogP contribution in [0.4, 0.5) is 19.0 Å². The van der Waals surface area contributed by atoms with Crippen molar-refractivity contribution in [1.29, 1.82) is 0 Å². The minimum absolute atomic E-state index is 0.378. The molecule has 20 heavy (non-hydrogen) atoms. The molecule has 3 nitrogen and oxygen atoms in total. The third kappa shape index (κ3) is 3.61. The first-order chi connectivity index (χ1) is 9.38. The van der Waals surface area contributed by atoms with Crippen LogP contribution in [0.2, 0.25) is 0 Å². The van der Waals surface area contributed by atoms with Crippen molar-refractivity contribution in [2.24, 2.45) is 5.92 Å². The number of rotatable bonds is 4. The largest absolute Gasteiger partial charge is 0.435 e. The van der Waals surface area contributed by atoms with Gasteiger partial charge in [-0.3, -0.25) is 0 Å². The fraction of sp³-hybridized carbons (Fsp3) is 0.714. The first-order valence-corrected chi connectivity index (χ1v) is 7.05. The van der Waals surface area contributed by atoms with E-state index in [1.54, 1.807) is 0 Å². The molecule has 0 N–H and O–H groups in total. The second-order valence-electron chi connectivity index (χ2n) is 5.74. The van der Waals surface area contributed by atoms with E-state index in [1.165, 1.54) is 6.07 Å². The predicted molar refractivity (Wildman–Crippen MR) is 71.5 cm³/mol. The van der Waals surface area contributed by atoms with Gasteiger partial charge in [0.05, 0.1) is 0 Å². The lowest BCUT2D eigenvalue weighted by molar-refractivity contribution is -0.141. The second-order valence-corrected chi connectivity index (χ2v) is 5.74. The number of alkyl halides is 3. The Labute approximate surface area is 117 Å². The van der Waals surface area contributed by atoms with Gasteiger partial charge in [0, 0.05) is 12.6 Å². The van der Waals surface area contributed by atoms with Crippen LogP contribution in [-0.2, 0) is 6.18 Å². The van der Waals surface area contributed by atoms with Crippen molar-refractivity contribution in [3.8, 4) is 0 Å². The summed E-state index contributed by atoms with van der Waals surface area (Å²) >= 11 is 0. The van der Waals surface area contributed by atoms with E-state index in [0.717, 1.165) is 38.3 Å². The quantitative estimate of drug-likeness (QED) is 0.841. The maximum absolute atomic E-state index is 12.5. The molecule has 0 aromatic carbocycles. The Kier molecular flexibility index (Phi) is 4.50. The van der Waals surface area contributed by atoms with Gasteiger partial charge < -0.3 is 4.90 Å². The zero-order chi connectivity index (χ0) is 14.8. The highest BCUT2D eigenvalue weighted by Crippen LogP contribution is 2.30. The molecule has 0 radical (unpaired) electrons. The average molecular weight is 287 g/mol. The lowest BCUT2D eigenvalue weighted by Gasteiger charge is -2.26. The maximum atomic E-state index is 12.5. The van der Waals surface area contributed by atoms with Crippen LogP contribution in [0.15, 0.2) is 12.1 Å². The summed E-state index contributed by atoms with van der Waals surface area (Å²) in [6.07, 6.45) is -0.107. The molecule has 1 aromatic heterocycles. The fourth-order valence-electron chi connectivity index (χ4n) is 2.59. The van der Waals surface area contributed by atoms with Crippen molar-refractivity contribution in [3.05, 3.63) is 17.8 Å². The van der Waals surface area contributed by atoms with E-state index in [9.17, 15) is 13.2 Å². The zero-order valence-electron chi connectivity index (χ0n) is 11.8. The van der Waals surface area contributed by atoms with Crippen LogP contribution in [0.1, 0.15) is 45.2 Å². The molecular weight excluding hydrogens is 267 g/mol. The van der Waals surface area contributed by atoms with E-state index >= 15 is 0 Å². The molecule has 1 unspecified atom stereocenters. The molecule has 1 aliphatic heterocycles. The van der Waals surface area contributed by atoms with Crippen LogP contribution in [0.5, 0.6) is 0 Å². The number of anilines is 1. The van der Waals surface area contributed by atoms with E-state index in [-0.39, 0.29) is 0 Å². The van der Waals surface area contributed by atoms with Crippen LogP contribution < -0.4 is 4.90 Å². The van der Waals surface area contributed by atoms with E-state index in [2.05, 4.69) is 28.9 Å². The van der Waals surface area contributed by atoms with Crippen molar-refractivity contribution in [3.63, 3.8) is 0 Å². The summed E-state index contributed by atoms with van der Waals surface area (Å²) in [5.74, 6) is 1.19. The SMILES string of the molecule is CC(C)CCC1CCCN1c1ccc(C(F)(F)F)nn1. The number of hydrogen-bond donors (Lipinski definition) is 0. The molecule has 0 bridgehead atoms. The van der Waals surface area contributed by atoms with E-state index in [0.29, 0.717) is 17.8 Å². The monoisotopic (exact) mass is 287 g/mol. The Morgan fingerprint density at radius 2 is 2.05 bits per heavy atom. The van der Waals surface area contributed by atoms with Gasteiger partial charge >= 0.3 is 6.18 Å². The maximum Gasteiger partial charge on any atom is 0.435 e. The van der Waals surface area contributed by atoms with Crippen LogP contribution in [0.25, 0.3) is 0 Å². The Balaban J connectivity index is 2.06. The number of hydrogen-bond acceptors (Lipinski definition) is 3. The Morgan fingerprint density at radius 3 is 2.60 bits per heavy atom. The van der Waals surface area contributed by atoms with Crippen LogP contribution in [-0.4, -0.2) is 22.8 Å². The first kappa shape index (κ1) is 15.1. The predicted octanol–water partition coefficient (Wildman–Crippen LogP) is 3.90. The van der Waals surface area contributed by atoms with Crippen LogP contribution in [0, 0.1) is 5.92 Å². The molecule has 112 valence electrons. The highest BCUT2D eigenvalue weighted by molar-refractivity contribution is 5.40. The molecule has 2 rings (SSSR count). The lowest BCUT2D eigenvalue weighted by atomic mass is 10.0. The van der Waals surface area contributed by atoms with Gasteiger partial charge in [0.1, 0.15) is 0 Å². The van der Waals surface area contributed by atoms with Crippen molar-refractivity contribution in [2.45, 2.75) is 51.7 Å². The fourth-order valence-corrected chi connectivity index (χ4v) is 2.59. The minimum atomic E-state index is -4.42. The highest BCUT2D eigenvalue weighted by Gasteiger charge is 2.33.